The molecule has 2 fully saturated rings. The van der Waals surface area contributed by atoms with E-state index < -0.39 is 6.10 Å². The van der Waals surface area contributed by atoms with Gasteiger partial charge in [0.2, 0.25) is 5.91 Å². The highest BCUT2D eigenvalue weighted by atomic mass is 16.5. The first-order chi connectivity index (χ1) is 10.2. The number of aliphatic hydroxyl groups is 1. The lowest BCUT2D eigenvalue weighted by Gasteiger charge is -2.12. The van der Waals surface area contributed by atoms with Crippen LogP contribution in [0.2, 0.25) is 0 Å². The summed E-state index contributed by atoms with van der Waals surface area (Å²) >= 11 is 0. The summed E-state index contributed by atoms with van der Waals surface area (Å²) < 4.78 is 5.42. The van der Waals surface area contributed by atoms with Gasteiger partial charge >= 0.3 is 0 Å². The van der Waals surface area contributed by atoms with Crippen LogP contribution >= 0.6 is 0 Å². The molecule has 2 saturated carbocycles. The Kier molecular flexibility index (Phi) is 4.56. The summed E-state index contributed by atoms with van der Waals surface area (Å²) in [5.74, 6) is 1.15. The average molecular weight is 289 g/mol. The molecule has 3 atom stereocenters. The quantitative estimate of drug-likeness (QED) is 0.766. The molecule has 4 heteroatoms. The van der Waals surface area contributed by atoms with Crippen LogP contribution in [0.5, 0.6) is 0 Å². The van der Waals surface area contributed by atoms with Crippen LogP contribution in [0.15, 0.2) is 30.3 Å². The van der Waals surface area contributed by atoms with Gasteiger partial charge in [-0.1, -0.05) is 30.3 Å². The molecule has 0 saturated heterocycles. The van der Waals surface area contributed by atoms with Gasteiger partial charge in [-0.2, -0.15) is 0 Å². The van der Waals surface area contributed by atoms with Crippen molar-refractivity contribution in [2.45, 2.75) is 31.3 Å². The van der Waals surface area contributed by atoms with Crippen molar-refractivity contribution in [1.82, 2.24) is 5.32 Å². The minimum atomic E-state index is -0.610. The predicted molar refractivity (Wildman–Crippen MR) is 79.8 cm³/mol. The lowest BCUT2D eigenvalue weighted by molar-refractivity contribution is -0.123. The molecule has 114 valence electrons. The van der Waals surface area contributed by atoms with Crippen LogP contribution in [-0.2, 0) is 9.53 Å². The summed E-state index contributed by atoms with van der Waals surface area (Å²) in [6.45, 7) is 1.33. The zero-order chi connectivity index (χ0) is 14.7. The third kappa shape index (κ3) is 4.29. The van der Waals surface area contributed by atoms with E-state index in [1.54, 1.807) is 0 Å². The Balaban J connectivity index is 1.33. The van der Waals surface area contributed by atoms with Crippen LogP contribution in [0, 0.1) is 11.8 Å². The number of rotatable bonds is 8. The van der Waals surface area contributed by atoms with E-state index >= 15 is 0 Å². The summed E-state index contributed by atoms with van der Waals surface area (Å²) in [7, 11) is 0. The Hall–Kier alpha value is -1.39. The third-order valence-corrected chi connectivity index (χ3v) is 4.23. The second-order valence-electron chi connectivity index (χ2n) is 6.24. The Labute approximate surface area is 125 Å². The number of hydrogen-bond donors (Lipinski definition) is 2. The van der Waals surface area contributed by atoms with Gasteiger partial charge < -0.3 is 15.2 Å². The molecule has 0 heterocycles. The van der Waals surface area contributed by atoms with Gasteiger partial charge in [-0.15, -0.1) is 0 Å². The molecule has 3 rings (SSSR count). The molecule has 0 spiro atoms. The van der Waals surface area contributed by atoms with Crippen molar-refractivity contribution >= 4 is 5.91 Å². The van der Waals surface area contributed by atoms with Gasteiger partial charge in [0.05, 0.1) is 12.7 Å². The van der Waals surface area contributed by atoms with Crippen molar-refractivity contribution in [3.63, 3.8) is 0 Å². The first kappa shape index (κ1) is 14.5. The van der Waals surface area contributed by atoms with E-state index in [-0.39, 0.29) is 18.4 Å². The Bertz CT molecular complexity index is 472. The number of carbonyl (C=O) groups is 1. The SMILES string of the molecule is O=C(NC[C@H](O)COCC1CC1)[C@@H]1C[C@@H]1c1ccccc1. The molecule has 2 aliphatic rings. The monoisotopic (exact) mass is 289 g/mol. The summed E-state index contributed by atoms with van der Waals surface area (Å²) in [5.41, 5.74) is 1.23. The van der Waals surface area contributed by atoms with Crippen molar-refractivity contribution in [1.29, 1.82) is 0 Å². The van der Waals surface area contributed by atoms with E-state index in [4.69, 9.17) is 4.74 Å². The number of hydrogen-bond acceptors (Lipinski definition) is 3. The van der Waals surface area contributed by atoms with E-state index in [9.17, 15) is 9.90 Å². The Morgan fingerprint density at radius 2 is 2.10 bits per heavy atom. The van der Waals surface area contributed by atoms with Gasteiger partial charge in [-0.3, -0.25) is 4.79 Å². The van der Waals surface area contributed by atoms with Crippen LogP contribution in [0.25, 0.3) is 0 Å². The van der Waals surface area contributed by atoms with Crippen molar-refractivity contribution in [2.24, 2.45) is 11.8 Å². The molecular formula is C17H23NO3. The van der Waals surface area contributed by atoms with E-state index in [0.717, 1.165) is 13.0 Å². The predicted octanol–water partition coefficient (Wildman–Crippen LogP) is 1.69. The molecule has 1 aromatic rings. The van der Waals surface area contributed by atoms with Crippen molar-refractivity contribution in [2.75, 3.05) is 19.8 Å². The maximum Gasteiger partial charge on any atom is 0.223 e. The van der Waals surface area contributed by atoms with Gasteiger partial charge in [0.25, 0.3) is 0 Å². The lowest BCUT2D eigenvalue weighted by Crippen LogP contribution is -2.35. The first-order valence-electron chi connectivity index (χ1n) is 7.82. The molecule has 1 aromatic carbocycles. The highest BCUT2D eigenvalue weighted by molar-refractivity contribution is 5.82. The fourth-order valence-corrected chi connectivity index (χ4v) is 2.62. The van der Waals surface area contributed by atoms with Crippen LogP contribution in [-0.4, -0.2) is 36.9 Å². The van der Waals surface area contributed by atoms with E-state index in [2.05, 4.69) is 17.4 Å². The number of carbonyl (C=O) groups excluding carboxylic acids is 1. The number of nitrogens with one attached hydrogen (secondary N) is 1. The van der Waals surface area contributed by atoms with Gasteiger partial charge in [-0.25, -0.2) is 0 Å². The number of aliphatic hydroxyl groups excluding tert-OH is 1. The molecule has 0 radical (unpaired) electrons. The second-order valence-corrected chi connectivity index (χ2v) is 6.24. The molecule has 0 unspecified atom stereocenters. The summed E-state index contributed by atoms with van der Waals surface area (Å²) in [4.78, 5) is 12.0. The topological polar surface area (TPSA) is 58.6 Å². The molecule has 0 aliphatic heterocycles. The molecule has 0 aromatic heterocycles. The Morgan fingerprint density at radius 3 is 2.81 bits per heavy atom. The zero-order valence-corrected chi connectivity index (χ0v) is 12.2. The van der Waals surface area contributed by atoms with Gasteiger partial charge in [0.1, 0.15) is 0 Å². The van der Waals surface area contributed by atoms with Crippen molar-refractivity contribution < 1.29 is 14.6 Å². The molecule has 2 N–H and O–H groups in total. The normalized spacial score (nSPS) is 25.4. The van der Waals surface area contributed by atoms with Crippen LogP contribution in [0.3, 0.4) is 0 Å². The van der Waals surface area contributed by atoms with Gasteiger partial charge in [0, 0.05) is 19.1 Å². The fourth-order valence-electron chi connectivity index (χ4n) is 2.62. The summed E-state index contributed by atoms with van der Waals surface area (Å²) in [6.07, 6.45) is 2.79. The largest absolute Gasteiger partial charge is 0.389 e. The highest BCUT2D eigenvalue weighted by Crippen LogP contribution is 2.47. The van der Waals surface area contributed by atoms with Crippen LogP contribution in [0.4, 0.5) is 0 Å². The molecular weight excluding hydrogens is 266 g/mol. The molecule has 2 aliphatic carbocycles. The van der Waals surface area contributed by atoms with Gasteiger partial charge in [-0.05, 0) is 36.7 Å². The first-order valence-corrected chi connectivity index (χ1v) is 7.82. The van der Waals surface area contributed by atoms with Crippen LogP contribution < -0.4 is 5.32 Å². The van der Waals surface area contributed by atoms with Crippen LogP contribution in [0.1, 0.15) is 30.7 Å². The molecule has 4 nitrogen and oxygen atoms in total. The number of amides is 1. The lowest BCUT2D eigenvalue weighted by atomic mass is 10.1. The van der Waals surface area contributed by atoms with E-state index in [1.807, 2.05) is 18.2 Å². The highest BCUT2D eigenvalue weighted by Gasteiger charge is 2.43. The zero-order valence-electron chi connectivity index (χ0n) is 12.2. The maximum atomic E-state index is 12.0. The number of ether oxygens (including phenoxy) is 1. The average Bonchev–Trinajstić information content (AvgIpc) is 3.38. The summed E-state index contributed by atoms with van der Waals surface area (Å²) in [5, 5.41) is 12.6. The van der Waals surface area contributed by atoms with E-state index in [0.29, 0.717) is 18.4 Å². The molecule has 0 bridgehead atoms. The second kappa shape index (κ2) is 6.58. The summed E-state index contributed by atoms with van der Waals surface area (Å²) in [6, 6.07) is 10.1. The minimum absolute atomic E-state index is 0.0464. The Morgan fingerprint density at radius 1 is 1.33 bits per heavy atom. The smallest absolute Gasteiger partial charge is 0.223 e. The third-order valence-electron chi connectivity index (χ3n) is 4.23. The fraction of sp³-hybridized carbons (Fsp3) is 0.588. The maximum absolute atomic E-state index is 12.0. The molecule has 21 heavy (non-hydrogen) atoms. The van der Waals surface area contributed by atoms with Crippen molar-refractivity contribution in [3.8, 4) is 0 Å². The van der Waals surface area contributed by atoms with E-state index in [1.165, 1.54) is 18.4 Å². The van der Waals surface area contributed by atoms with Gasteiger partial charge in [0.15, 0.2) is 0 Å². The molecule has 1 amide bonds. The standard InChI is InChI=1S/C17H23NO3/c19-14(11-21-10-12-6-7-12)9-18-17(20)16-8-15(16)13-4-2-1-3-5-13/h1-5,12,14-16,19H,6-11H2,(H,18,20)/t14-,15+,16+/m0/s1. The number of benzene rings is 1. The minimum Gasteiger partial charge on any atom is -0.389 e. The van der Waals surface area contributed by atoms with Crippen molar-refractivity contribution in [3.05, 3.63) is 35.9 Å².